The lowest BCUT2D eigenvalue weighted by Gasteiger charge is -2.42. The van der Waals surface area contributed by atoms with E-state index in [0.717, 1.165) is 24.6 Å². The molecule has 2 atom stereocenters. The van der Waals surface area contributed by atoms with E-state index in [1.807, 2.05) is 25.1 Å². The maximum atomic E-state index is 13.4. The van der Waals surface area contributed by atoms with Crippen LogP contribution >= 0.6 is 23.1 Å². The highest BCUT2D eigenvalue weighted by molar-refractivity contribution is 8.02. The van der Waals surface area contributed by atoms with E-state index in [1.54, 1.807) is 24.8 Å². The summed E-state index contributed by atoms with van der Waals surface area (Å²) in [4.78, 5) is 27.6. The highest BCUT2D eigenvalue weighted by Crippen LogP contribution is 2.39. The highest BCUT2D eigenvalue weighted by atomic mass is 32.2. The van der Waals surface area contributed by atoms with Gasteiger partial charge in [0.1, 0.15) is 5.54 Å². The van der Waals surface area contributed by atoms with Crippen molar-refractivity contribution in [3.8, 4) is 0 Å². The van der Waals surface area contributed by atoms with Gasteiger partial charge >= 0.3 is 0 Å². The molecule has 160 valence electrons. The van der Waals surface area contributed by atoms with Crippen molar-refractivity contribution in [3.63, 3.8) is 0 Å². The van der Waals surface area contributed by atoms with Gasteiger partial charge in [0.15, 0.2) is 4.34 Å². The van der Waals surface area contributed by atoms with Gasteiger partial charge < -0.3 is 15.4 Å². The molecular formula is C20H25N5O3S2. The number of benzene rings is 1. The number of ether oxygens (including phenoxy) is 1. The van der Waals surface area contributed by atoms with Crippen LogP contribution in [0.3, 0.4) is 0 Å². The number of hydrogen-bond donors (Lipinski definition) is 2. The Morgan fingerprint density at radius 1 is 1.43 bits per heavy atom. The lowest BCUT2D eigenvalue weighted by atomic mass is 9.96. The lowest BCUT2D eigenvalue weighted by molar-refractivity contribution is -0.126. The van der Waals surface area contributed by atoms with Crippen molar-refractivity contribution < 1.29 is 14.3 Å². The van der Waals surface area contributed by atoms with E-state index in [0.29, 0.717) is 22.3 Å². The van der Waals surface area contributed by atoms with Crippen molar-refractivity contribution in [1.82, 2.24) is 10.2 Å². The Morgan fingerprint density at radius 3 is 3.00 bits per heavy atom. The summed E-state index contributed by atoms with van der Waals surface area (Å²) in [5.41, 5.74) is 0.356. The molecule has 0 radical (unpaired) electrons. The molecule has 2 aliphatic rings. The molecule has 10 heteroatoms. The van der Waals surface area contributed by atoms with Gasteiger partial charge in [0.2, 0.25) is 16.9 Å². The van der Waals surface area contributed by atoms with Crippen LogP contribution in [-0.2, 0) is 14.3 Å². The summed E-state index contributed by atoms with van der Waals surface area (Å²) in [5.74, 6) is -0.348. The first kappa shape index (κ1) is 21.1. The molecule has 0 aliphatic carbocycles. The zero-order chi connectivity index (χ0) is 21.3. The number of fused-ring (bicyclic) bond motifs is 1. The SMILES string of the molecule is C[C@H](Sc1nnc(NC[C@H]2CCCO2)s1)C(=O)N1c2ccccc2NC(=O)C1(C)C. The van der Waals surface area contributed by atoms with Gasteiger partial charge in [-0.1, -0.05) is 35.2 Å². The minimum Gasteiger partial charge on any atom is -0.376 e. The topological polar surface area (TPSA) is 96.5 Å². The molecule has 0 saturated carbocycles. The van der Waals surface area contributed by atoms with Crippen LogP contribution in [0.4, 0.5) is 16.5 Å². The fourth-order valence-corrected chi connectivity index (χ4v) is 5.51. The number of carbonyl (C=O) groups excluding carboxylic acids is 2. The Kier molecular flexibility index (Phi) is 5.99. The summed E-state index contributed by atoms with van der Waals surface area (Å²) in [7, 11) is 0. The second kappa shape index (κ2) is 8.52. The molecule has 30 heavy (non-hydrogen) atoms. The first-order valence-electron chi connectivity index (χ1n) is 9.96. The molecule has 2 amide bonds. The predicted molar refractivity (Wildman–Crippen MR) is 119 cm³/mol. The van der Waals surface area contributed by atoms with E-state index in [9.17, 15) is 9.59 Å². The van der Waals surface area contributed by atoms with Gasteiger partial charge in [0.05, 0.1) is 22.7 Å². The smallest absolute Gasteiger partial charge is 0.250 e. The average molecular weight is 448 g/mol. The number of carbonyl (C=O) groups is 2. The largest absolute Gasteiger partial charge is 0.376 e. The molecular weight excluding hydrogens is 422 g/mol. The molecule has 1 fully saturated rings. The van der Waals surface area contributed by atoms with Crippen LogP contribution in [-0.4, -0.2) is 52.1 Å². The molecule has 1 saturated heterocycles. The Hall–Kier alpha value is -2.17. The molecule has 2 aliphatic heterocycles. The van der Waals surface area contributed by atoms with E-state index < -0.39 is 10.8 Å². The van der Waals surface area contributed by atoms with Crippen molar-refractivity contribution in [2.45, 2.75) is 54.8 Å². The zero-order valence-electron chi connectivity index (χ0n) is 17.2. The van der Waals surface area contributed by atoms with E-state index in [4.69, 9.17) is 4.74 Å². The third kappa shape index (κ3) is 4.17. The number of para-hydroxylation sites is 2. The molecule has 2 aromatic rings. The standard InChI is InChI=1S/C20H25N5O3S2/c1-12(29-19-24-23-18(30-19)21-11-13-7-6-10-28-13)16(26)25-15-9-5-4-8-14(15)22-17(27)20(25,2)3/h4-5,8-9,12-13H,6-7,10-11H2,1-3H3,(H,21,23)(H,22,27)/t12-,13+/m0/s1. The molecule has 0 unspecified atom stereocenters. The lowest BCUT2D eigenvalue weighted by Crippen LogP contribution is -2.60. The number of nitrogens with one attached hydrogen (secondary N) is 2. The first-order chi connectivity index (χ1) is 14.4. The molecule has 4 rings (SSSR count). The van der Waals surface area contributed by atoms with Gasteiger partial charge in [0, 0.05) is 13.2 Å². The zero-order valence-corrected chi connectivity index (χ0v) is 18.8. The van der Waals surface area contributed by atoms with Crippen molar-refractivity contribution >= 4 is 51.4 Å². The van der Waals surface area contributed by atoms with Crippen LogP contribution in [0.5, 0.6) is 0 Å². The maximum absolute atomic E-state index is 13.4. The third-order valence-corrected chi connectivity index (χ3v) is 7.32. The highest BCUT2D eigenvalue weighted by Gasteiger charge is 2.44. The van der Waals surface area contributed by atoms with E-state index in [-0.39, 0.29) is 17.9 Å². The number of thioether (sulfide) groups is 1. The van der Waals surface area contributed by atoms with Gasteiger partial charge in [-0.25, -0.2) is 0 Å². The summed E-state index contributed by atoms with van der Waals surface area (Å²) >= 11 is 2.77. The van der Waals surface area contributed by atoms with Crippen LogP contribution in [0, 0.1) is 0 Å². The minimum absolute atomic E-state index is 0.142. The predicted octanol–water partition coefficient (Wildman–Crippen LogP) is 3.37. The number of hydrogen-bond acceptors (Lipinski definition) is 8. The van der Waals surface area contributed by atoms with Crippen molar-refractivity contribution in [3.05, 3.63) is 24.3 Å². The molecule has 1 aromatic carbocycles. The van der Waals surface area contributed by atoms with Gasteiger partial charge in [-0.05, 0) is 45.7 Å². The Balaban J connectivity index is 1.45. The first-order valence-corrected chi connectivity index (χ1v) is 11.7. The van der Waals surface area contributed by atoms with Crippen LogP contribution < -0.4 is 15.5 Å². The van der Waals surface area contributed by atoms with Crippen molar-refractivity contribution in [1.29, 1.82) is 0 Å². The quantitative estimate of drug-likeness (QED) is 0.655. The van der Waals surface area contributed by atoms with E-state index in [1.165, 1.54) is 23.1 Å². The monoisotopic (exact) mass is 447 g/mol. The number of anilines is 3. The summed E-state index contributed by atoms with van der Waals surface area (Å²) in [6.45, 7) is 6.87. The molecule has 8 nitrogen and oxygen atoms in total. The summed E-state index contributed by atoms with van der Waals surface area (Å²) in [6, 6.07) is 7.35. The van der Waals surface area contributed by atoms with Gasteiger partial charge in [-0.2, -0.15) is 0 Å². The summed E-state index contributed by atoms with van der Waals surface area (Å²) in [5, 5.41) is 14.8. The van der Waals surface area contributed by atoms with E-state index >= 15 is 0 Å². The van der Waals surface area contributed by atoms with Crippen LogP contribution in [0.2, 0.25) is 0 Å². The molecule has 2 N–H and O–H groups in total. The van der Waals surface area contributed by atoms with E-state index in [2.05, 4.69) is 20.8 Å². The number of nitrogens with zero attached hydrogens (tertiary/aromatic N) is 3. The van der Waals surface area contributed by atoms with Crippen molar-refractivity contribution in [2.75, 3.05) is 28.7 Å². The second-order valence-electron chi connectivity index (χ2n) is 7.85. The number of amides is 2. The number of rotatable bonds is 6. The van der Waals surface area contributed by atoms with Gasteiger partial charge in [-0.3, -0.25) is 14.5 Å². The second-order valence-corrected chi connectivity index (χ2v) is 10.4. The van der Waals surface area contributed by atoms with Crippen LogP contribution in [0.25, 0.3) is 0 Å². The Bertz CT molecular complexity index is 942. The summed E-state index contributed by atoms with van der Waals surface area (Å²) < 4.78 is 6.31. The maximum Gasteiger partial charge on any atom is 0.250 e. The fourth-order valence-electron chi connectivity index (χ4n) is 3.57. The van der Waals surface area contributed by atoms with Crippen LogP contribution in [0.15, 0.2) is 28.6 Å². The van der Waals surface area contributed by atoms with Crippen molar-refractivity contribution in [2.24, 2.45) is 0 Å². The molecule has 3 heterocycles. The summed E-state index contributed by atoms with van der Waals surface area (Å²) in [6.07, 6.45) is 2.37. The van der Waals surface area contributed by atoms with Crippen LogP contribution in [0.1, 0.15) is 33.6 Å². The van der Waals surface area contributed by atoms with Gasteiger partial charge in [0.25, 0.3) is 0 Å². The average Bonchev–Trinajstić information content (AvgIpc) is 3.38. The normalized spacial score (nSPS) is 21.1. The molecule has 0 spiro atoms. The molecule has 0 bridgehead atoms. The van der Waals surface area contributed by atoms with Gasteiger partial charge in [-0.15, -0.1) is 10.2 Å². The number of aromatic nitrogens is 2. The third-order valence-electron chi connectivity index (χ3n) is 5.26. The Labute approximate surface area is 183 Å². The Morgan fingerprint density at radius 2 is 2.23 bits per heavy atom. The minimum atomic E-state index is -0.991. The molecule has 1 aromatic heterocycles. The fraction of sp³-hybridized carbons (Fsp3) is 0.500.